The number of para-hydroxylation sites is 1. The van der Waals surface area contributed by atoms with Gasteiger partial charge in [0.05, 0.1) is 5.84 Å². The highest BCUT2D eigenvalue weighted by Gasteiger charge is 2.25. The van der Waals surface area contributed by atoms with Crippen LogP contribution in [0.25, 0.3) is 0 Å². The Bertz CT molecular complexity index is 423. The molecule has 1 heterocycles. The molecule has 0 radical (unpaired) electrons. The molecular formula is C14H21N3. The maximum absolute atomic E-state index is 7.58. The number of nitrogens with one attached hydrogen (secondary N) is 1. The van der Waals surface area contributed by atoms with E-state index in [2.05, 4.69) is 29.2 Å². The lowest BCUT2D eigenvalue weighted by Crippen LogP contribution is -2.35. The van der Waals surface area contributed by atoms with Gasteiger partial charge in [0.2, 0.25) is 0 Å². The first-order chi connectivity index (χ1) is 8.00. The van der Waals surface area contributed by atoms with Crippen LogP contribution in [0.3, 0.4) is 0 Å². The number of nitrogens with zero attached hydrogens (tertiary/aromatic N) is 1. The number of anilines is 1. The summed E-state index contributed by atoms with van der Waals surface area (Å²) in [5.41, 5.74) is 8.21. The summed E-state index contributed by atoms with van der Waals surface area (Å²) in [7, 11) is 0. The van der Waals surface area contributed by atoms with Crippen molar-refractivity contribution in [2.24, 2.45) is 11.1 Å². The summed E-state index contributed by atoms with van der Waals surface area (Å²) in [6.45, 7) is 6.14. The Morgan fingerprint density at radius 3 is 2.82 bits per heavy atom. The third kappa shape index (κ3) is 2.43. The van der Waals surface area contributed by atoms with Gasteiger partial charge in [0.1, 0.15) is 0 Å². The van der Waals surface area contributed by atoms with Gasteiger partial charge in [-0.15, -0.1) is 0 Å². The topological polar surface area (TPSA) is 53.1 Å². The smallest absolute Gasteiger partial charge is 0.0963 e. The molecule has 0 aromatic heterocycles. The molecule has 0 amide bonds. The number of nitrogens with two attached hydrogens (primary N) is 1. The van der Waals surface area contributed by atoms with Gasteiger partial charge in [0, 0.05) is 24.2 Å². The summed E-state index contributed by atoms with van der Waals surface area (Å²) >= 11 is 0. The summed E-state index contributed by atoms with van der Waals surface area (Å²) in [4.78, 5) is 2.40. The second-order valence-electron chi connectivity index (χ2n) is 5.41. The normalized spacial score (nSPS) is 14.8. The average molecular weight is 231 g/mol. The molecule has 1 aromatic rings. The predicted molar refractivity (Wildman–Crippen MR) is 72.7 cm³/mol. The third-order valence-electron chi connectivity index (χ3n) is 3.72. The van der Waals surface area contributed by atoms with Gasteiger partial charge in [-0.1, -0.05) is 32.0 Å². The molecule has 0 spiro atoms. The average Bonchev–Trinajstić information content (AvgIpc) is 2.69. The van der Waals surface area contributed by atoms with Crippen LogP contribution in [0.2, 0.25) is 0 Å². The van der Waals surface area contributed by atoms with Gasteiger partial charge in [-0.3, -0.25) is 5.41 Å². The van der Waals surface area contributed by atoms with Crippen molar-refractivity contribution in [1.82, 2.24) is 0 Å². The second-order valence-corrected chi connectivity index (χ2v) is 5.41. The molecule has 1 aliphatic heterocycles. The molecule has 2 rings (SSSR count). The molecule has 0 saturated carbocycles. The highest BCUT2D eigenvalue weighted by atomic mass is 15.1. The van der Waals surface area contributed by atoms with Gasteiger partial charge in [-0.25, -0.2) is 0 Å². The lowest BCUT2D eigenvalue weighted by molar-refractivity contribution is 0.468. The van der Waals surface area contributed by atoms with Crippen molar-refractivity contribution in [3.63, 3.8) is 0 Å². The number of fused-ring (bicyclic) bond motifs is 1. The van der Waals surface area contributed by atoms with Crippen molar-refractivity contribution >= 4 is 11.5 Å². The maximum Gasteiger partial charge on any atom is 0.0963 e. The number of hydrogen-bond donors (Lipinski definition) is 2. The predicted octanol–water partition coefficient (Wildman–Crippen LogP) is 2.40. The SMILES string of the molecule is CC(C)(CCN1CCc2ccccc21)C(=N)N. The summed E-state index contributed by atoms with van der Waals surface area (Å²) in [6, 6.07) is 8.57. The van der Waals surface area contributed by atoms with E-state index in [9.17, 15) is 0 Å². The number of rotatable bonds is 4. The summed E-state index contributed by atoms with van der Waals surface area (Å²) in [5.74, 6) is 0.282. The molecule has 17 heavy (non-hydrogen) atoms. The lowest BCUT2D eigenvalue weighted by atomic mass is 9.88. The Hall–Kier alpha value is -1.51. The van der Waals surface area contributed by atoms with E-state index < -0.39 is 0 Å². The molecular weight excluding hydrogens is 210 g/mol. The number of hydrogen-bond acceptors (Lipinski definition) is 2. The summed E-state index contributed by atoms with van der Waals surface area (Å²) in [6.07, 6.45) is 2.06. The summed E-state index contributed by atoms with van der Waals surface area (Å²) < 4.78 is 0. The molecule has 92 valence electrons. The Balaban J connectivity index is 2.01. The van der Waals surface area contributed by atoms with Crippen LogP contribution in [0.15, 0.2) is 24.3 Å². The molecule has 0 bridgehead atoms. The van der Waals surface area contributed by atoms with Crippen LogP contribution in [0.4, 0.5) is 5.69 Å². The monoisotopic (exact) mass is 231 g/mol. The largest absolute Gasteiger partial charge is 0.387 e. The van der Waals surface area contributed by atoms with Crippen LogP contribution in [0.5, 0.6) is 0 Å². The minimum Gasteiger partial charge on any atom is -0.387 e. The quantitative estimate of drug-likeness (QED) is 0.617. The van der Waals surface area contributed by atoms with Crippen molar-refractivity contribution in [2.75, 3.05) is 18.0 Å². The zero-order valence-electron chi connectivity index (χ0n) is 10.7. The van der Waals surface area contributed by atoms with Gasteiger partial charge in [-0.2, -0.15) is 0 Å². The lowest BCUT2D eigenvalue weighted by Gasteiger charge is -2.27. The highest BCUT2D eigenvalue weighted by molar-refractivity contribution is 5.82. The molecule has 0 aliphatic carbocycles. The van der Waals surface area contributed by atoms with E-state index in [1.807, 2.05) is 13.8 Å². The molecule has 3 nitrogen and oxygen atoms in total. The molecule has 1 aliphatic rings. The molecule has 0 unspecified atom stereocenters. The zero-order valence-corrected chi connectivity index (χ0v) is 10.7. The van der Waals surface area contributed by atoms with Crippen molar-refractivity contribution in [2.45, 2.75) is 26.7 Å². The first-order valence-corrected chi connectivity index (χ1v) is 6.18. The number of benzene rings is 1. The van der Waals surface area contributed by atoms with Crippen LogP contribution in [-0.2, 0) is 6.42 Å². The molecule has 0 saturated heterocycles. The standard InChI is InChI=1S/C14H21N3/c1-14(2,13(15)16)8-10-17-9-7-11-5-3-4-6-12(11)17/h3-6H,7-10H2,1-2H3,(H3,15,16). The fourth-order valence-corrected chi connectivity index (χ4v) is 2.19. The van der Waals surface area contributed by atoms with Crippen LogP contribution < -0.4 is 10.6 Å². The minimum absolute atomic E-state index is 0.197. The molecule has 3 heteroatoms. The van der Waals surface area contributed by atoms with E-state index in [1.165, 1.54) is 11.3 Å². The van der Waals surface area contributed by atoms with Gasteiger partial charge in [0.25, 0.3) is 0 Å². The molecule has 1 aromatic carbocycles. The van der Waals surface area contributed by atoms with E-state index in [1.54, 1.807) is 0 Å². The fourth-order valence-electron chi connectivity index (χ4n) is 2.19. The van der Waals surface area contributed by atoms with Crippen LogP contribution in [0, 0.1) is 10.8 Å². The first kappa shape index (κ1) is 12.0. The van der Waals surface area contributed by atoms with Gasteiger partial charge in [-0.05, 0) is 24.5 Å². The Morgan fingerprint density at radius 2 is 2.12 bits per heavy atom. The molecule has 0 atom stereocenters. The van der Waals surface area contributed by atoms with Crippen molar-refractivity contribution < 1.29 is 0 Å². The molecule has 0 fully saturated rings. The number of amidine groups is 1. The second kappa shape index (κ2) is 4.40. The fraction of sp³-hybridized carbons (Fsp3) is 0.500. The maximum atomic E-state index is 7.58. The third-order valence-corrected chi connectivity index (χ3v) is 3.72. The molecule has 3 N–H and O–H groups in total. The minimum atomic E-state index is -0.197. The van der Waals surface area contributed by atoms with E-state index >= 15 is 0 Å². The van der Waals surface area contributed by atoms with Gasteiger partial charge < -0.3 is 10.6 Å². The van der Waals surface area contributed by atoms with Crippen LogP contribution in [-0.4, -0.2) is 18.9 Å². The van der Waals surface area contributed by atoms with Gasteiger partial charge in [0.15, 0.2) is 0 Å². The Morgan fingerprint density at radius 1 is 1.41 bits per heavy atom. The van der Waals surface area contributed by atoms with E-state index in [4.69, 9.17) is 11.1 Å². The highest BCUT2D eigenvalue weighted by Crippen LogP contribution is 2.29. The zero-order chi connectivity index (χ0) is 12.5. The Labute approximate surface area is 103 Å². The van der Waals surface area contributed by atoms with E-state index in [-0.39, 0.29) is 11.3 Å². The van der Waals surface area contributed by atoms with Crippen LogP contribution in [0.1, 0.15) is 25.8 Å². The first-order valence-electron chi connectivity index (χ1n) is 6.18. The van der Waals surface area contributed by atoms with Crippen molar-refractivity contribution in [3.8, 4) is 0 Å². The van der Waals surface area contributed by atoms with Crippen LogP contribution >= 0.6 is 0 Å². The van der Waals surface area contributed by atoms with Crippen molar-refractivity contribution in [1.29, 1.82) is 5.41 Å². The van der Waals surface area contributed by atoms with E-state index in [0.717, 1.165) is 25.9 Å². The van der Waals surface area contributed by atoms with Gasteiger partial charge >= 0.3 is 0 Å². The summed E-state index contributed by atoms with van der Waals surface area (Å²) in [5, 5.41) is 7.58. The van der Waals surface area contributed by atoms with E-state index in [0.29, 0.717) is 0 Å². The van der Waals surface area contributed by atoms with Crippen molar-refractivity contribution in [3.05, 3.63) is 29.8 Å². The Kier molecular flexibility index (Phi) is 3.09.